The number of carbonyl (C=O) groups excluding carboxylic acids is 1. The van der Waals surface area contributed by atoms with E-state index in [4.69, 9.17) is 18.7 Å². The summed E-state index contributed by atoms with van der Waals surface area (Å²) < 4.78 is 22.1. The molecule has 1 N–H and O–H groups in total. The van der Waals surface area contributed by atoms with Crippen LogP contribution in [0.1, 0.15) is 49.4 Å². The van der Waals surface area contributed by atoms with Crippen molar-refractivity contribution in [3.05, 3.63) is 40.2 Å². The zero-order chi connectivity index (χ0) is 20.9. The first-order chi connectivity index (χ1) is 13.8. The topological polar surface area (TPSA) is 82.8 Å². The van der Waals surface area contributed by atoms with Gasteiger partial charge in [-0.15, -0.1) is 0 Å². The van der Waals surface area contributed by atoms with Gasteiger partial charge in [-0.25, -0.2) is 0 Å². The van der Waals surface area contributed by atoms with Gasteiger partial charge in [-0.2, -0.15) is 0 Å². The number of hydrogen-bond acceptors (Lipinski definition) is 7. The molecule has 1 aliphatic heterocycles. The molecule has 1 unspecified atom stereocenters. The minimum absolute atomic E-state index is 0.116. The number of allylic oxidation sites excluding steroid dienone is 2. The Labute approximate surface area is 170 Å². The highest BCUT2D eigenvalue weighted by molar-refractivity contribution is 6.01. The van der Waals surface area contributed by atoms with E-state index in [1.165, 1.54) is 0 Å². The van der Waals surface area contributed by atoms with Gasteiger partial charge < -0.3 is 24.1 Å². The van der Waals surface area contributed by atoms with Gasteiger partial charge in [0.2, 0.25) is 11.6 Å². The number of carbonyl (C=O) groups is 1. The Morgan fingerprint density at radius 1 is 1.10 bits per heavy atom. The van der Waals surface area contributed by atoms with Gasteiger partial charge >= 0.3 is 0 Å². The highest BCUT2D eigenvalue weighted by Crippen LogP contribution is 2.52. The number of nitrogens with zero attached hydrogens (tertiary/aromatic N) is 1. The van der Waals surface area contributed by atoms with Gasteiger partial charge in [-0.05, 0) is 36.5 Å². The lowest BCUT2D eigenvalue weighted by atomic mass is 9.69. The largest absolute Gasteiger partial charge is 0.493 e. The highest BCUT2D eigenvalue weighted by Gasteiger charge is 2.43. The van der Waals surface area contributed by atoms with E-state index in [0.717, 1.165) is 34.5 Å². The molecule has 1 aliphatic carbocycles. The third-order valence-corrected chi connectivity index (χ3v) is 5.69. The van der Waals surface area contributed by atoms with Gasteiger partial charge in [0, 0.05) is 23.6 Å². The van der Waals surface area contributed by atoms with Crippen LogP contribution in [-0.2, 0) is 4.79 Å². The minimum Gasteiger partial charge on any atom is -0.493 e. The van der Waals surface area contributed by atoms with Crippen LogP contribution in [0.2, 0.25) is 0 Å². The predicted octanol–water partition coefficient (Wildman–Crippen LogP) is 4.21. The normalized spacial score (nSPS) is 19.9. The number of hydrogen-bond donors (Lipinski definition) is 1. The first-order valence-electron chi connectivity index (χ1n) is 9.59. The summed E-state index contributed by atoms with van der Waals surface area (Å²) in [6, 6.07) is 3.79. The molecule has 0 radical (unpaired) electrons. The molecule has 2 aromatic rings. The second kappa shape index (κ2) is 6.83. The van der Waals surface area contributed by atoms with Crippen LogP contribution >= 0.6 is 0 Å². The molecular formula is C22H26N2O5. The monoisotopic (exact) mass is 398 g/mol. The average Bonchev–Trinajstić information content (AvgIpc) is 3.04. The van der Waals surface area contributed by atoms with Crippen molar-refractivity contribution in [1.29, 1.82) is 0 Å². The van der Waals surface area contributed by atoms with Crippen LogP contribution in [0.3, 0.4) is 0 Å². The molecule has 154 valence electrons. The van der Waals surface area contributed by atoms with Crippen molar-refractivity contribution in [2.75, 3.05) is 26.6 Å². The Balaban J connectivity index is 1.97. The lowest BCUT2D eigenvalue weighted by Crippen LogP contribution is -2.33. The standard InChI is InChI=1S/C22H26N2O5/c1-11-17-18(12-7-15(26-4)20(28-6)16(8-12)27-5)19-13(23-21(17)29-24-11)9-22(2,3)10-14(19)25/h7-8,18,23H,9-10H2,1-6H3. The van der Waals surface area contributed by atoms with Crippen LogP contribution in [0.4, 0.5) is 5.88 Å². The van der Waals surface area contributed by atoms with Gasteiger partial charge in [-0.3, -0.25) is 4.79 Å². The molecule has 0 amide bonds. The number of nitrogens with one attached hydrogen (secondary N) is 1. The van der Waals surface area contributed by atoms with Crippen molar-refractivity contribution in [3.8, 4) is 17.2 Å². The number of Topliss-reactive ketones (excluding diaryl/α,β-unsaturated/α-hetero) is 1. The molecule has 2 aliphatic rings. The van der Waals surface area contributed by atoms with E-state index in [9.17, 15) is 4.79 Å². The predicted molar refractivity (Wildman–Crippen MR) is 108 cm³/mol. The second-order valence-corrected chi connectivity index (χ2v) is 8.36. The molecule has 0 bridgehead atoms. The van der Waals surface area contributed by atoms with E-state index in [2.05, 4.69) is 24.3 Å². The fourth-order valence-electron chi connectivity index (χ4n) is 4.47. The second-order valence-electron chi connectivity index (χ2n) is 8.36. The van der Waals surface area contributed by atoms with E-state index in [0.29, 0.717) is 29.6 Å². The highest BCUT2D eigenvalue weighted by atomic mass is 16.5. The van der Waals surface area contributed by atoms with Crippen molar-refractivity contribution in [1.82, 2.24) is 5.16 Å². The summed E-state index contributed by atoms with van der Waals surface area (Å²) in [5, 5.41) is 7.48. The Hall–Kier alpha value is -2.96. The Morgan fingerprint density at radius 2 is 1.76 bits per heavy atom. The fraction of sp³-hybridized carbons (Fsp3) is 0.455. The van der Waals surface area contributed by atoms with E-state index >= 15 is 0 Å². The third kappa shape index (κ3) is 3.05. The summed E-state index contributed by atoms with van der Waals surface area (Å²) in [5.74, 6) is 2.01. The Morgan fingerprint density at radius 3 is 2.34 bits per heavy atom. The molecule has 29 heavy (non-hydrogen) atoms. The molecule has 0 spiro atoms. The van der Waals surface area contributed by atoms with Crippen molar-refractivity contribution in [2.45, 2.75) is 39.5 Å². The van der Waals surface area contributed by atoms with Gasteiger partial charge in [-0.1, -0.05) is 19.0 Å². The Bertz CT molecular complexity index is 993. The van der Waals surface area contributed by atoms with E-state index < -0.39 is 0 Å². The molecule has 1 aromatic carbocycles. The zero-order valence-corrected chi connectivity index (χ0v) is 17.6. The lowest BCUT2D eigenvalue weighted by molar-refractivity contribution is -0.118. The summed E-state index contributed by atoms with van der Waals surface area (Å²) in [4.78, 5) is 13.3. The van der Waals surface area contributed by atoms with Crippen LogP contribution in [-0.4, -0.2) is 32.3 Å². The fourth-order valence-corrected chi connectivity index (χ4v) is 4.47. The number of ether oxygens (including phenoxy) is 3. The van der Waals surface area contributed by atoms with Crippen molar-refractivity contribution < 1.29 is 23.5 Å². The molecule has 2 heterocycles. The van der Waals surface area contributed by atoms with Crippen LogP contribution in [0.5, 0.6) is 17.2 Å². The number of methoxy groups -OCH3 is 3. The maximum atomic E-state index is 13.3. The van der Waals surface area contributed by atoms with Gasteiger partial charge in [0.1, 0.15) is 0 Å². The van der Waals surface area contributed by atoms with Crippen molar-refractivity contribution in [2.24, 2.45) is 5.41 Å². The van der Waals surface area contributed by atoms with Gasteiger partial charge in [0.25, 0.3) is 0 Å². The SMILES string of the molecule is COc1cc(C2C3=C(CC(C)(C)CC3=O)Nc3onc(C)c32)cc(OC)c1OC. The number of benzene rings is 1. The lowest BCUT2D eigenvalue weighted by Gasteiger charge is -2.37. The van der Waals surface area contributed by atoms with Crippen LogP contribution in [0, 0.1) is 12.3 Å². The summed E-state index contributed by atoms with van der Waals surface area (Å²) in [6.45, 7) is 6.09. The average molecular weight is 398 g/mol. The third-order valence-electron chi connectivity index (χ3n) is 5.69. The maximum Gasteiger partial charge on any atom is 0.233 e. The number of ketones is 1. The van der Waals surface area contributed by atoms with Gasteiger partial charge in [0.15, 0.2) is 17.3 Å². The molecule has 4 rings (SSSR count). The van der Waals surface area contributed by atoms with Crippen LogP contribution < -0.4 is 19.5 Å². The molecule has 1 aromatic heterocycles. The van der Waals surface area contributed by atoms with E-state index in [1.54, 1.807) is 21.3 Å². The minimum atomic E-state index is -0.315. The summed E-state index contributed by atoms with van der Waals surface area (Å²) in [6.07, 6.45) is 1.25. The molecule has 0 saturated carbocycles. The van der Waals surface area contributed by atoms with Crippen molar-refractivity contribution in [3.63, 3.8) is 0 Å². The molecule has 7 heteroatoms. The van der Waals surface area contributed by atoms with Crippen molar-refractivity contribution >= 4 is 11.7 Å². The number of fused-ring (bicyclic) bond motifs is 1. The number of anilines is 1. The molecule has 0 saturated heterocycles. The van der Waals surface area contributed by atoms with E-state index in [1.807, 2.05) is 19.1 Å². The quantitative estimate of drug-likeness (QED) is 0.826. The Kier molecular flexibility index (Phi) is 4.56. The molecule has 1 atom stereocenters. The van der Waals surface area contributed by atoms with Crippen LogP contribution in [0.15, 0.2) is 27.9 Å². The smallest absolute Gasteiger partial charge is 0.233 e. The summed E-state index contributed by atoms with van der Waals surface area (Å²) in [5.41, 5.74) is 4.02. The number of rotatable bonds is 4. The maximum absolute atomic E-state index is 13.3. The zero-order valence-electron chi connectivity index (χ0n) is 17.6. The van der Waals surface area contributed by atoms with Gasteiger partial charge in [0.05, 0.1) is 32.6 Å². The number of aromatic nitrogens is 1. The summed E-state index contributed by atoms with van der Waals surface area (Å²) in [7, 11) is 4.73. The molecule has 0 fully saturated rings. The van der Waals surface area contributed by atoms with E-state index in [-0.39, 0.29) is 17.1 Å². The first-order valence-corrected chi connectivity index (χ1v) is 9.59. The first kappa shape index (κ1) is 19.4. The summed E-state index contributed by atoms with van der Waals surface area (Å²) >= 11 is 0. The number of aryl methyl sites for hydroxylation is 1. The van der Waals surface area contributed by atoms with Crippen LogP contribution in [0.25, 0.3) is 0 Å². The molecular weight excluding hydrogens is 372 g/mol. The molecule has 7 nitrogen and oxygen atoms in total.